The van der Waals surface area contributed by atoms with Crippen LogP contribution in [-0.4, -0.2) is 43.5 Å². The third-order valence-electron chi connectivity index (χ3n) is 4.47. The van der Waals surface area contributed by atoms with E-state index in [-0.39, 0.29) is 0 Å². The Bertz CT molecular complexity index is 490. The number of carbonyl (C=O) groups excluding carboxylic acids is 1. The van der Waals surface area contributed by atoms with Gasteiger partial charge in [-0.05, 0) is 57.4 Å². The lowest BCUT2D eigenvalue weighted by molar-refractivity contribution is 0.112. The van der Waals surface area contributed by atoms with E-state index in [9.17, 15) is 4.79 Å². The zero-order chi connectivity index (χ0) is 16.5. The lowest BCUT2D eigenvalue weighted by Gasteiger charge is -2.35. The maximum absolute atomic E-state index is 10.9. The van der Waals surface area contributed by atoms with E-state index in [2.05, 4.69) is 11.8 Å². The molecule has 1 aliphatic rings. The van der Waals surface area contributed by atoms with Crippen LogP contribution in [0.15, 0.2) is 18.2 Å². The molecule has 128 valence electrons. The molecule has 1 heterocycles. The highest BCUT2D eigenvalue weighted by molar-refractivity contribution is 5.76. The van der Waals surface area contributed by atoms with Crippen LogP contribution in [0.4, 0.5) is 0 Å². The molecule has 0 radical (unpaired) electrons. The first-order valence-electron chi connectivity index (χ1n) is 8.87. The van der Waals surface area contributed by atoms with Crippen molar-refractivity contribution in [3.05, 3.63) is 23.8 Å². The van der Waals surface area contributed by atoms with Crippen molar-refractivity contribution in [1.82, 2.24) is 4.90 Å². The fraction of sp³-hybridized carbons (Fsp3) is 0.632. The summed E-state index contributed by atoms with van der Waals surface area (Å²) in [5, 5.41) is 0. The molecule has 23 heavy (non-hydrogen) atoms. The lowest BCUT2D eigenvalue weighted by atomic mass is 10.00. The van der Waals surface area contributed by atoms with Gasteiger partial charge in [0.05, 0.1) is 13.2 Å². The van der Waals surface area contributed by atoms with Crippen LogP contribution >= 0.6 is 0 Å². The van der Waals surface area contributed by atoms with Gasteiger partial charge in [0.25, 0.3) is 0 Å². The summed E-state index contributed by atoms with van der Waals surface area (Å²) < 4.78 is 11.4. The summed E-state index contributed by atoms with van der Waals surface area (Å²) in [4.78, 5) is 13.5. The van der Waals surface area contributed by atoms with Gasteiger partial charge in [0.2, 0.25) is 0 Å². The van der Waals surface area contributed by atoms with Crippen LogP contribution in [0.2, 0.25) is 0 Å². The van der Waals surface area contributed by atoms with Crippen molar-refractivity contribution in [2.75, 3.05) is 26.3 Å². The van der Waals surface area contributed by atoms with Gasteiger partial charge in [-0.15, -0.1) is 0 Å². The molecule has 0 unspecified atom stereocenters. The van der Waals surface area contributed by atoms with Gasteiger partial charge in [0, 0.05) is 18.2 Å². The average molecular weight is 319 g/mol. The van der Waals surface area contributed by atoms with Gasteiger partial charge in [-0.2, -0.15) is 0 Å². The second-order valence-corrected chi connectivity index (χ2v) is 6.05. The molecule has 0 aromatic heterocycles. The number of rotatable bonds is 9. The molecule has 0 N–H and O–H groups in total. The maximum atomic E-state index is 10.9. The number of benzene rings is 1. The third kappa shape index (κ3) is 5.24. The summed E-state index contributed by atoms with van der Waals surface area (Å²) in [7, 11) is 0. The Hall–Kier alpha value is -1.55. The van der Waals surface area contributed by atoms with Crippen LogP contribution in [0.3, 0.4) is 0 Å². The second kappa shape index (κ2) is 9.56. The zero-order valence-electron chi connectivity index (χ0n) is 14.4. The van der Waals surface area contributed by atoms with E-state index in [1.807, 2.05) is 13.0 Å². The summed E-state index contributed by atoms with van der Waals surface area (Å²) >= 11 is 0. The van der Waals surface area contributed by atoms with Crippen molar-refractivity contribution in [2.24, 2.45) is 0 Å². The molecule has 0 saturated carbocycles. The molecular weight excluding hydrogens is 290 g/mol. The molecule has 1 aliphatic heterocycles. The van der Waals surface area contributed by atoms with Crippen molar-refractivity contribution in [2.45, 2.75) is 52.0 Å². The molecule has 4 nitrogen and oxygen atoms in total. The van der Waals surface area contributed by atoms with E-state index < -0.39 is 0 Å². The number of likely N-dealkylation sites (tertiary alicyclic amines) is 1. The van der Waals surface area contributed by atoms with Crippen LogP contribution in [-0.2, 0) is 0 Å². The van der Waals surface area contributed by atoms with Crippen LogP contribution in [0.1, 0.15) is 56.3 Å². The fourth-order valence-electron chi connectivity index (χ4n) is 3.25. The molecule has 1 aromatic carbocycles. The number of hydrogen-bond donors (Lipinski definition) is 0. The molecule has 0 aliphatic carbocycles. The van der Waals surface area contributed by atoms with Crippen LogP contribution in [0, 0.1) is 0 Å². The number of piperidine rings is 1. The Labute approximate surface area is 139 Å². The number of aldehydes is 1. The Morgan fingerprint density at radius 1 is 1.22 bits per heavy atom. The van der Waals surface area contributed by atoms with Crippen LogP contribution in [0.25, 0.3) is 0 Å². The van der Waals surface area contributed by atoms with E-state index >= 15 is 0 Å². The number of nitrogens with zero attached hydrogens (tertiary/aromatic N) is 1. The monoisotopic (exact) mass is 319 g/mol. The Balaban J connectivity index is 1.82. The van der Waals surface area contributed by atoms with Gasteiger partial charge in [-0.25, -0.2) is 0 Å². The highest BCUT2D eigenvalue weighted by Crippen LogP contribution is 2.28. The first-order chi connectivity index (χ1) is 11.3. The topological polar surface area (TPSA) is 38.8 Å². The van der Waals surface area contributed by atoms with Crippen molar-refractivity contribution in [1.29, 1.82) is 0 Å². The molecule has 1 atom stereocenters. The number of ether oxygens (including phenoxy) is 2. The molecule has 1 saturated heterocycles. The van der Waals surface area contributed by atoms with E-state index in [0.29, 0.717) is 24.5 Å². The molecule has 4 heteroatoms. The van der Waals surface area contributed by atoms with Gasteiger partial charge in [0.1, 0.15) is 6.29 Å². The van der Waals surface area contributed by atoms with Crippen molar-refractivity contribution in [3.63, 3.8) is 0 Å². The normalized spacial score (nSPS) is 18.6. The standard InChI is InChI=1S/C19H29NO3/c1-3-17-8-5-6-11-20(17)12-7-13-23-18-10-9-16(15-21)14-19(18)22-4-2/h9-10,14-15,17H,3-8,11-13H2,1-2H3/t17-/m1/s1. The molecule has 2 rings (SSSR count). The summed E-state index contributed by atoms with van der Waals surface area (Å²) in [6.07, 6.45) is 7.10. The van der Waals surface area contributed by atoms with Crippen LogP contribution in [0.5, 0.6) is 11.5 Å². The summed E-state index contributed by atoms with van der Waals surface area (Å²) in [6, 6.07) is 6.08. The van der Waals surface area contributed by atoms with Gasteiger partial charge in [-0.3, -0.25) is 4.79 Å². The highest BCUT2D eigenvalue weighted by Gasteiger charge is 2.19. The SMILES string of the molecule is CCOc1cc(C=O)ccc1OCCCN1CCCC[C@H]1CC. The van der Waals surface area contributed by atoms with Gasteiger partial charge < -0.3 is 14.4 Å². The van der Waals surface area contributed by atoms with E-state index in [4.69, 9.17) is 9.47 Å². The fourth-order valence-corrected chi connectivity index (χ4v) is 3.25. The quantitative estimate of drug-likeness (QED) is 0.510. The molecule has 1 fully saturated rings. The maximum Gasteiger partial charge on any atom is 0.161 e. The molecule has 1 aromatic rings. The smallest absolute Gasteiger partial charge is 0.161 e. The number of carbonyl (C=O) groups is 1. The third-order valence-corrected chi connectivity index (χ3v) is 4.47. The van der Waals surface area contributed by atoms with E-state index in [0.717, 1.165) is 31.0 Å². The largest absolute Gasteiger partial charge is 0.490 e. The van der Waals surface area contributed by atoms with Crippen molar-refractivity contribution in [3.8, 4) is 11.5 Å². The Morgan fingerprint density at radius 3 is 2.83 bits per heavy atom. The summed E-state index contributed by atoms with van der Waals surface area (Å²) in [5.41, 5.74) is 0.611. The molecule has 0 spiro atoms. The lowest BCUT2D eigenvalue weighted by Crippen LogP contribution is -2.40. The first-order valence-corrected chi connectivity index (χ1v) is 8.87. The van der Waals surface area contributed by atoms with Crippen molar-refractivity contribution >= 4 is 6.29 Å². The zero-order valence-corrected chi connectivity index (χ0v) is 14.4. The van der Waals surface area contributed by atoms with Crippen molar-refractivity contribution < 1.29 is 14.3 Å². The predicted molar refractivity (Wildman–Crippen MR) is 92.6 cm³/mol. The molecular formula is C19H29NO3. The number of hydrogen-bond acceptors (Lipinski definition) is 4. The minimum Gasteiger partial charge on any atom is -0.490 e. The minimum absolute atomic E-state index is 0.560. The average Bonchev–Trinajstić information content (AvgIpc) is 2.60. The molecule has 0 bridgehead atoms. The Kier molecular flexibility index (Phi) is 7.40. The van der Waals surface area contributed by atoms with E-state index in [1.165, 1.54) is 32.2 Å². The second-order valence-electron chi connectivity index (χ2n) is 6.05. The summed E-state index contributed by atoms with van der Waals surface area (Å²) in [5.74, 6) is 1.38. The van der Waals surface area contributed by atoms with E-state index in [1.54, 1.807) is 12.1 Å². The first kappa shape index (κ1) is 17.8. The van der Waals surface area contributed by atoms with Gasteiger partial charge >= 0.3 is 0 Å². The minimum atomic E-state index is 0.560. The summed E-state index contributed by atoms with van der Waals surface area (Å²) in [6.45, 7) is 7.75. The predicted octanol–water partition coefficient (Wildman–Crippen LogP) is 3.93. The van der Waals surface area contributed by atoms with Gasteiger partial charge in [-0.1, -0.05) is 13.3 Å². The highest BCUT2D eigenvalue weighted by atomic mass is 16.5. The molecule has 0 amide bonds. The Morgan fingerprint density at radius 2 is 2.09 bits per heavy atom. The van der Waals surface area contributed by atoms with Crippen LogP contribution < -0.4 is 9.47 Å². The van der Waals surface area contributed by atoms with Gasteiger partial charge in [0.15, 0.2) is 11.5 Å².